The normalized spacial score (nSPS) is 20.7. The van der Waals surface area contributed by atoms with Gasteiger partial charge in [-0.2, -0.15) is 5.26 Å². The summed E-state index contributed by atoms with van der Waals surface area (Å²) in [5.74, 6) is -0.0629. The van der Waals surface area contributed by atoms with Crippen LogP contribution in [-0.2, 0) is 10.2 Å². The van der Waals surface area contributed by atoms with Crippen LogP contribution in [0.1, 0.15) is 60.9 Å². The summed E-state index contributed by atoms with van der Waals surface area (Å²) in [7, 11) is 0. The standard InChI is InChI=1S/C25H28N2O2/c26-18-25(13-2-3-14-25)22-11-9-19(10-12-22)20-6-5-7-21(16-20)24(28)27-17-23-8-1-4-15-29-23/h5-7,9-12,16,23H,1-4,8,13-15,17H2,(H,27,28). The van der Waals surface area contributed by atoms with Crippen LogP contribution in [0, 0.1) is 11.3 Å². The summed E-state index contributed by atoms with van der Waals surface area (Å²) in [6.07, 6.45) is 7.56. The Labute approximate surface area is 172 Å². The van der Waals surface area contributed by atoms with Gasteiger partial charge in [0.2, 0.25) is 0 Å². The predicted molar refractivity (Wildman–Crippen MR) is 114 cm³/mol. The van der Waals surface area contributed by atoms with E-state index in [0.29, 0.717) is 12.1 Å². The number of hydrogen-bond acceptors (Lipinski definition) is 3. The van der Waals surface area contributed by atoms with E-state index >= 15 is 0 Å². The molecule has 1 saturated carbocycles. The van der Waals surface area contributed by atoms with E-state index in [1.54, 1.807) is 0 Å². The van der Waals surface area contributed by atoms with Crippen molar-refractivity contribution in [3.05, 3.63) is 59.7 Å². The molecule has 2 fully saturated rings. The zero-order chi connectivity index (χ0) is 20.1. The van der Waals surface area contributed by atoms with Crippen LogP contribution >= 0.6 is 0 Å². The molecule has 0 spiro atoms. The van der Waals surface area contributed by atoms with Crippen molar-refractivity contribution in [3.8, 4) is 17.2 Å². The largest absolute Gasteiger partial charge is 0.376 e. The Morgan fingerprint density at radius 1 is 1.07 bits per heavy atom. The third kappa shape index (κ3) is 4.36. The Morgan fingerprint density at radius 3 is 2.55 bits per heavy atom. The van der Waals surface area contributed by atoms with E-state index in [2.05, 4.69) is 35.7 Å². The fourth-order valence-corrected chi connectivity index (χ4v) is 4.54. The Bertz CT molecular complexity index is 886. The highest BCUT2D eigenvalue weighted by molar-refractivity contribution is 5.95. The molecule has 29 heavy (non-hydrogen) atoms. The van der Waals surface area contributed by atoms with Crippen molar-refractivity contribution in [3.63, 3.8) is 0 Å². The molecule has 2 aliphatic rings. The number of nitrogens with zero attached hydrogens (tertiary/aromatic N) is 1. The zero-order valence-electron chi connectivity index (χ0n) is 16.8. The molecule has 2 aromatic rings. The lowest BCUT2D eigenvalue weighted by molar-refractivity contribution is 0.0169. The molecule has 1 unspecified atom stereocenters. The lowest BCUT2D eigenvalue weighted by atomic mass is 9.80. The van der Waals surface area contributed by atoms with E-state index < -0.39 is 0 Å². The van der Waals surface area contributed by atoms with Gasteiger partial charge in [-0.15, -0.1) is 0 Å². The molecule has 1 heterocycles. The molecule has 4 heteroatoms. The Balaban J connectivity index is 1.45. The minimum absolute atomic E-state index is 0.0629. The van der Waals surface area contributed by atoms with Crippen molar-refractivity contribution in [1.29, 1.82) is 5.26 Å². The summed E-state index contributed by atoms with van der Waals surface area (Å²) in [5.41, 5.74) is 3.52. The smallest absolute Gasteiger partial charge is 0.251 e. The SMILES string of the molecule is N#CC1(c2ccc(-c3cccc(C(=O)NCC4CCCCO4)c3)cc2)CCCC1. The Hall–Kier alpha value is -2.64. The average Bonchev–Trinajstić information content (AvgIpc) is 3.29. The molecule has 4 nitrogen and oxygen atoms in total. The van der Waals surface area contributed by atoms with Gasteiger partial charge in [-0.05, 0) is 60.9 Å². The molecule has 4 rings (SSSR count). The van der Waals surface area contributed by atoms with Crippen LogP contribution in [0.5, 0.6) is 0 Å². The molecular weight excluding hydrogens is 360 g/mol. The average molecular weight is 389 g/mol. The maximum Gasteiger partial charge on any atom is 0.251 e. The van der Waals surface area contributed by atoms with Crippen LogP contribution < -0.4 is 5.32 Å². The monoisotopic (exact) mass is 388 g/mol. The fraction of sp³-hybridized carbons (Fsp3) is 0.440. The molecule has 1 atom stereocenters. The molecule has 0 bridgehead atoms. The number of nitriles is 1. The molecule has 1 saturated heterocycles. The molecule has 0 radical (unpaired) electrons. The van der Waals surface area contributed by atoms with Crippen LogP contribution in [0.15, 0.2) is 48.5 Å². The van der Waals surface area contributed by atoms with Crippen molar-refractivity contribution < 1.29 is 9.53 Å². The van der Waals surface area contributed by atoms with Crippen LogP contribution in [0.3, 0.4) is 0 Å². The van der Waals surface area contributed by atoms with E-state index in [-0.39, 0.29) is 17.4 Å². The number of carbonyl (C=O) groups excluding carboxylic acids is 1. The second-order valence-corrected chi connectivity index (χ2v) is 8.26. The highest BCUT2D eigenvalue weighted by Crippen LogP contribution is 2.41. The van der Waals surface area contributed by atoms with Crippen LogP contribution in [-0.4, -0.2) is 25.2 Å². The second kappa shape index (κ2) is 8.80. The van der Waals surface area contributed by atoms with E-state index in [4.69, 9.17) is 4.74 Å². The van der Waals surface area contributed by atoms with Gasteiger partial charge in [0.05, 0.1) is 17.6 Å². The highest BCUT2D eigenvalue weighted by atomic mass is 16.5. The first-order chi connectivity index (χ1) is 14.2. The molecule has 1 N–H and O–H groups in total. The number of nitrogens with one attached hydrogen (secondary N) is 1. The first kappa shape index (κ1) is 19.7. The molecule has 1 aliphatic heterocycles. The Kier molecular flexibility index (Phi) is 5.97. The fourth-order valence-electron chi connectivity index (χ4n) is 4.54. The topological polar surface area (TPSA) is 62.1 Å². The van der Waals surface area contributed by atoms with E-state index in [9.17, 15) is 10.1 Å². The maximum absolute atomic E-state index is 12.6. The number of ether oxygens (including phenoxy) is 1. The van der Waals surface area contributed by atoms with Gasteiger partial charge in [0, 0.05) is 18.7 Å². The van der Waals surface area contributed by atoms with E-state index in [0.717, 1.165) is 61.8 Å². The number of rotatable bonds is 5. The molecule has 1 amide bonds. The lowest BCUT2D eigenvalue weighted by Crippen LogP contribution is -2.35. The van der Waals surface area contributed by atoms with E-state index in [1.807, 2.05) is 24.3 Å². The Morgan fingerprint density at radius 2 is 1.86 bits per heavy atom. The minimum atomic E-state index is -0.318. The third-order valence-corrected chi connectivity index (χ3v) is 6.33. The molecule has 1 aliphatic carbocycles. The van der Waals surface area contributed by atoms with Gasteiger partial charge in [0.15, 0.2) is 0 Å². The van der Waals surface area contributed by atoms with Crippen LogP contribution in [0.4, 0.5) is 0 Å². The van der Waals surface area contributed by atoms with Gasteiger partial charge in [0.1, 0.15) is 0 Å². The van der Waals surface area contributed by atoms with Gasteiger partial charge in [-0.25, -0.2) is 0 Å². The number of hydrogen-bond donors (Lipinski definition) is 1. The predicted octanol–water partition coefficient (Wildman–Crippen LogP) is 4.99. The summed E-state index contributed by atoms with van der Waals surface area (Å²) >= 11 is 0. The quantitative estimate of drug-likeness (QED) is 0.785. The first-order valence-electron chi connectivity index (χ1n) is 10.7. The minimum Gasteiger partial charge on any atom is -0.376 e. The van der Waals surface area contributed by atoms with Gasteiger partial charge < -0.3 is 10.1 Å². The lowest BCUT2D eigenvalue weighted by Gasteiger charge is -2.22. The number of carbonyl (C=O) groups is 1. The third-order valence-electron chi connectivity index (χ3n) is 6.33. The van der Waals surface area contributed by atoms with Crippen molar-refractivity contribution >= 4 is 5.91 Å². The van der Waals surface area contributed by atoms with Crippen molar-refractivity contribution in [2.75, 3.05) is 13.2 Å². The van der Waals surface area contributed by atoms with Crippen LogP contribution in [0.25, 0.3) is 11.1 Å². The number of benzene rings is 2. The summed E-state index contributed by atoms with van der Waals surface area (Å²) in [4.78, 5) is 12.6. The van der Waals surface area contributed by atoms with Gasteiger partial charge in [-0.1, -0.05) is 49.2 Å². The maximum atomic E-state index is 12.6. The molecular formula is C25H28N2O2. The highest BCUT2D eigenvalue weighted by Gasteiger charge is 2.35. The number of amides is 1. The van der Waals surface area contributed by atoms with Crippen LogP contribution in [0.2, 0.25) is 0 Å². The van der Waals surface area contributed by atoms with Crippen molar-refractivity contribution in [1.82, 2.24) is 5.32 Å². The summed E-state index contributed by atoms with van der Waals surface area (Å²) in [5, 5.41) is 12.7. The van der Waals surface area contributed by atoms with Gasteiger partial charge >= 0.3 is 0 Å². The van der Waals surface area contributed by atoms with Crippen molar-refractivity contribution in [2.45, 2.75) is 56.5 Å². The summed E-state index contributed by atoms with van der Waals surface area (Å²) in [6, 6.07) is 18.6. The zero-order valence-corrected chi connectivity index (χ0v) is 16.8. The van der Waals surface area contributed by atoms with Crippen molar-refractivity contribution in [2.24, 2.45) is 0 Å². The summed E-state index contributed by atoms with van der Waals surface area (Å²) in [6.45, 7) is 1.35. The first-order valence-corrected chi connectivity index (χ1v) is 10.7. The molecule has 150 valence electrons. The summed E-state index contributed by atoms with van der Waals surface area (Å²) < 4.78 is 5.69. The second-order valence-electron chi connectivity index (χ2n) is 8.26. The van der Waals surface area contributed by atoms with E-state index in [1.165, 1.54) is 6.42 Å². The van der Waals surface area contributed by atoms with Gasteiger partial charge in [0.25, 0.3) is 5.91 Å². The van der Waals surface area contributed by atoms with Gasteiger partial charge in [-0.3, -0.25) is 4.79 Å². The molecule has 0 aromatic heterocycles. The molecule has 2 aromatic carbocycles.